The molecule has 5 heteroatoms. The zero-order valence-corrected chi connectivity index (χ0v) is 11.2. The second-order valence-electron chi connectivity index (χ2n) is 4.84. The largest absolute Gasteiger partial charge is 0.389 e. The summed E-state index contributed by atoms with van der Waals surface area (Å²) in [5, 5.41) is 15.8. The molecule has 19 heavy (non-hydrogen) atoms. The van der Waals surface area contributed by atoms with E-state index in [1.165, 1.54) is 0 Å². The fourth-order valence-corrected chi connectivity index (χ4v) is 2.24. The Labute approximate surface area is 113 Å². The van der Waals surface area contributed by atoms with E-state index in [-0.39, 0.29) is 5.91 Å². The molecule has 1 aromatic carbocycles. The van der Waals surface area contributed by atoms with Crippen molar-refractivity contribution in [2.75, 3.05) is 38.0 Å². The van der Waals surface area contributed by atoms with Crippen molar-refractivity contribution in [1.82, 2.24) is 10.2 Å². The van der Waals surface area contributed by atoms with E-state index in [4.69, 9.17) is 0 Å². The van der Waals surface area contributed by atoms with E-state index in [1.54, 1.807) is 6.92 Å². The van der Waals surface area contributed by atoms with Crippen LogP contribution in [0.3, 0.4) is 0 Å². The van der Waals surface area contributed by atoms with Crippen molar-refractivity contribution in [2.24, 2.45) is 0 Å². The van der Waals surface area contributed by atoms with Gasteiger partial charge in [0.15, 0.2) is 0 Å². The van der Waals surface area contributed by atoms with Gasteiger partial charge in [-0.15, -0.1) is 0 Å². The van der Waals surface area contributed by atoms with E-state index in [0.29, 0.717) is 12.2 Å². The van der Waals surface area contributed by atoms with Crippen LogP contribution in [0.5, 0.6) is 0 Å². The van der Waals surface area contributed by atoms with Gasteiger partial charge in [0.2, 0.25) is 5.91 Å². The number of hydrogen-bond acceptors (Lipinski definition) is 4. The maximum Gasteiger partial charge on any atom is 0.238 e. The maximum atomic E-state index is 12.0. The van der Waals surface area contributed by atoms with Gasteiger partial charge in [-0.3, -0.25) is 9.69 Å². The number of piperazine rings is 1. The zero-order chi connectivity index (χ0) is 13.7. The number of nitrogens with zero attached hydrogens (tertiary/aromatic N) is 1. The lowest BCUT2D eigenvalue weighted by molar-refractivity contribution is -0.117. The second kappa shape index (κ2) is 6.65. The Morgan fingerprint density at radius 2 is 2.11 bits per heavy atom. The van der Waals surface area contributed by atoms with Crippen LogP contribution in [0.15, 0.2) is 24.3 Å². The quantitative estimate of drug-likeness (QED) is 0.743. The third-order valence-electron chi connectivity index (χ3n) is 3.26. The second-order valence-corrected chi connectivity index (χ2v) is 4.84. The Kier molecular flexibility index (Phi) is 4.90. The van der Waals surface area contributed by atoms with E-state index in [0.717, 1.165) is 31.7 Å². The first-order valence-electron chi connectivity index (χ1n) is 6.67. The van der Waals surface area contributed by atoms with E-state index in [2.05, 4.69) is 15.5 Å². The Morgan fingerprint density at radius 1 is 1.42 bits per heavy atom. The molecule has 104 valence electrons. The molecule has 1 aromatic rings. The number of anilines is 1. The average Bonchev–Trinajstić information content (AvgIpc) is 2.40. The summed E-state index contributed by atoms with van der Waals surface area (Å²) < 4.78 is 0. The van der Waals surface area contributed by atoms with Gasteiger partial charge in [0.1, 0.15) is 0 Å². The Bertz CT molecular complexity index is 428. The number of carbonyl (C=O) groups excluding carboxylic acids is 1. The Morgan fingerprint density at radius 3 is 2.79 bits per heavy atom. The van der Waals surface area contributed by atoms with Crippen molar-refractivity contribution in [3.8, 4) is 0 Å². The summed E-state index contributed by atoms with van der Waals surface area (Å²) in [5.74, 6) is -0.0324. The van der Waals surface area contributed by atoms with Crippen LogP contribution in [0.25, 0.3) is 0 Å². The van der Waals surface area contributed by atoms with Gasteiger partial charge < -0.3 is 15.7 Å². The Balaban J connectivity index is 1.94. The Hall–Kier alpha value is -1.43. The first-order valence-corrected chi connectivity index (χ1v) is 6.67. The predicted molar refractivity (Wildman–Crippen MR) is 75.0 cm³/mol. The zero-order valence-electron chi connectivity index (χ0n) is 11.2. The number of para-hydroxylation sites is 1. The van der Waals surface area contributed by atoms with E-state index < -0.39 is 6.10 Å². The van der Waals surface area contributed by atoms with Crippen molar-refractivity contribution in [1.29, 1.82) is 0 Å². The SMILES string of the molecule is CC(O)c1ccccc1NC(=O)CN1CCNCC1. The number of benzene rings is 1. The highest BCUT2D eigenvalue weighted by molar-refractivity contribution is 5.93. The molecule has 2 rings (SSSR count). The van der Waals surface area contributed by atoms with Crippen LogP contribution in [-0.4, -0.2) is 48.6 Å². The number of amides is 1. The summed E-state index contributed by atoms with van der Waals surface area (Å²) in [6.45, 7) is 5.74. The fourth-order valence-electron chi connectivity index (χ4n) is 2.24. The lowest BCUT2D eigenvalue weighted by Crippen LogP contribution is -2.46. The van der Waals surface area contributed by atoms with Gasteiger partial charge in [-0.05, 0) is 13.0 Å². The van der Waals surface area contributed by atoms with E-state index >= 15 is 0 Å². The number of aliphatic hydroxyl groups excluding tert-OH is 1. The van der Waals surface area contributed by atoms with Gasteiger partial charge in [0, 0.05) is 37.4 Å². The van der Waals surface area contributed by atoms with Crippen LogP contribution in [0.4, 0.5) is 5.69 Å². The normalized spacial score (nSPS) is 18.0. The molecular formula is C14H21N3O2. The van der Waals surface area contributed by atoms with E-state index in [1.807, 2.05) is 24.3 Å². The van der Waals surface area contributed by atoms with Crippen molar-refractivity contribution >= 4 is 11.6 Å². The highest BCUT2D eigenvalue weighted by Gasteiger charge is 2.15. The number of aliphatic hydroxyl groups is 1. The molecular weight excluding hydrogens is 242 g/mol. The van der Waals surface area contributed by atoms with Crippen LogP contribution < -0.4 is 10.6 Å². The lowest BCUT2D eigenvalue weighted by atomic mass is 10.1. The third-order valence-corrected chi connectivity index (χ3v) is 3.26. The van der Waals surface area contributed by atoms with Gasteiger partial charge in [-0.25, -0.2) is 0 Å². The minimum absolute atomic E-state index is 0.0324. The highest BCUT2D eigenvalue weighted by Crippen LogP contribution is 2.22. The molecule has 1 aliphatic rings. The van der Waals surface area contributed by atoms with Gasteiger partial charge in [0.05, 0.1) is 12.6 Å². The summed E-state index contributed by atoms with van der Waals surface area (Å²) in [5.41, 5.74) is 1.44. The smallest absolute Gasteiger partial charge is 0.238 e. The van der Waals surface area contributed by atoms with Crippen LogP contribution in [0.2, 0.25) is 0 Å². The number of carbonyl (C=O) groups is 1. The minimum atomic E-state index is -0.587. The molecule has 1 heterocycles. The van der Waals surface area contributed by atoms with Crippen LogP contribution in [0.1, 0.15) is 18.6 Å². The van der Waals surface area contributed by atoms with Crippen molar-refractivity contribution in [3.05, 3.63) is 29.8 Å². The maximum absolute atomic E-state index is 12.0. The molecule has 0 bridgehead atoms. The molecule has 0 radical (unpaired) electrons. The van der Waals surface area contributed by atoms with E-state index in [9.17, 15) is 9.90 Å². The molecule has 3 N–H and O–H groups in total. The summed E-state index contributed by atoms with van der Waals surface area (Å²) in [6.07, 6.45) is -0.587. The van der Waals surface area contributed by atoms with Crippen LogP contribution in [0, 0.1) is 0 Å². The van der Waals surface area contributed by atoms with Gasteiger partial charge in [-0.1, -0.05) is 18.2 Å². The highest BCUT2D eigenvalue weighted by atomic mass is 16.3. The molecule has 0 spiro atoms. The molecule has 0 saturated carbocycles. The molecule has 1 amide bonds. The van der Waals surface area contributed by atoms with Crippen LogP contribution in [-0.2, 0) is 4.79 Å². The average molecular weight is 263 g/mol. The summed E-state index contributed by atoms with van der Waals surface area (Å²) in [6, 6.07) is 7.35. The van der Waals surface area contributed by atoms with Crippen molar-refractivity contribution in [2.45, 2.75) is 13.0 Å². The topological polar surface area (TPSA) is 64.6 Å². The molecule has 1 aliphatic heterocycles. The summed E-state index contributed by atoms with van der Waals surface area (Å²) in [4.78, 5) is 14.1. The number of nitrogens with one attached hydrogen (secondary N) is 2. The molecule has 0 aliphatic carbocycles. The third kappa shape index (κ3) is 4.02. The van der Waals surface area contributed by atoms with Crippen molar-refractivity contribution < 1.29 is 9.90 Å². The molecule has 1 unspecified atom stereocenters. The number of rotatable bonds is 4. The molecule has 0 aromatic heterocycles. The van der Waals surface area contributed by atoms with Crippen LogP contribution >= 0.6 is 0 Å². The predicted octanol–water partition coefficient (Wildman–Crippen LogP) is 0.584. The monoisotopic (exact) mass is 263 g/mol. The van der Waals surface area contributed by atoms with Gasteiger partial charge in [-0.2, -0.15) is 0 Å². The lowest BCUT2D eigenvalue weighted by Gasteiger charge is -2.26. The number of hydrogen-bond donors (Lipinski definition) is 3. The minimum Gasteiger partial charge on any atom is -0.389 e. The summed E-state index contributed by atoms with van der Waals surface area (Å²) >= 11 is 0. The van der Waals surface area contributed by atoms with Gasteiger partial charge in [0.25, 0.3) is 0 Å². The van der Waals surface area contributed by atoms with Crippen molar-refractivity contribution in [3.63, 3.8) is 0 Å². The fraction of sp³-hybridized carbons (Fsp3) is 0.500. The molecule has 5 nitrogen and oxygen atoms in total. The standard InChI is InChI=1S/C14H21N3O2/c1-11(18)12-4-2-3-5-13(12)16-14(19)10-17-8-6-15-7-9-17/h2-5,11,15,18H,6-10H2,1H3,(H,16,19). The first-order chi connectivity index (χ1) is 9.16. The summed E-state index contributed by atoms with van der Waals surface area (Å²) in [7, 11) is 0. The molecule has 1 atom stereocenters. The van der Waals surface area contributed by atoms with Gasteiger partial charge >= 0.3 is 0 Å². The molecule has 1 saturated heterocycles. The first kappa shape index (κ1) is 14.0. The molecule has 1 fully saturated rings.